The predicted octanol–water partition coefficient (Wildman–Crippen LogP) is 24.6. The summed E-state index contributed by atoms with van der Waals surface area (Å²) in [7, 11) is 0. The average Bonchev–Trinajstić information content (AvgIpc) is 0.782. The van der Waals surface area contributed by atoms with Gasteiger partial charge in [0.2, 0.25) is 0 Å². The fraction of sp³-hybridized carbons (Fsp3) is 0.174. The number of phenols is 2. The number of para-hydroxylation sites is 4. The van der Waals surface area contributed by atoms with Crippen molar-refractivity contribution in [2.75, 3.05) is 9.80 Å². The number of hydrogen-bond donors (Lipinski definition) is 2. The molecule has 0 spiro atoms. The molecule has 14 rings (SSSR count). The van der Waals surface area contributed by atoms with Gasteiger partial charge in [-0.05, 0) is 179 Å². The Balaban J connectivity index is 0.000000189. The maximum Gasteiger partial charge on any atom is 0.138 e. The molecular formula is C92H85N6O2Pt-. The Kier molecular flexibility index (Phi) is 20.0. The summed E-state index contributed by atoms with van der Waals surface area (Å²) in [5.74, 6) is 2.02. The minimum Gasteiger partial charge on any atom is -0.507 e. The molecule has 0 amide bonds. The molecule has 101 heavy (non-hydrogen) atoms. The van der Waals surface area contributed by atoms with Crippen molar-refractivity contribution in [3.63, 3.8) is 0 Å². The molecule has 506 valence electrons. The minimum atomic E-state index is -0.0355. The number of hydrogen-bond acceptors (Lipinski definition) is 8. The molecule has 0 saturated heterocycles. The number of nitrogens with zero attached hydrogens (tertiary/aromatic N) is 6. The molecule has 0 saturated carbocycles. The molecule has 4 aromatic heterocycles. The van der Waals surface area contributed by atoms with E-state index in [1.165, 1.54) is 22.3 Å². The third-order valence-corrected chi connectivity index (χ3v) is 18.4. The Hall–Kier alpha value is -10.8. The van der Waals surface area contributed by atoms with Crippen molar-refractivity contribution in [3.8, 4) is 78.8 Å². The monoisotopic (exact) mass is 1500 g/mol. The Labute approximate surface area is 610 Å². The van der Waals surface area contributed by atoms with Crippen LogP contribution in [0.4, 0.5) is 34.4 Å². The molecule has 0 aliphatic heterocycles. The van der Waals surface area contributed by atoms with Gasteiger partial charge < -0.3 is 15.1 Å². The molecule has 9 heteroatoms. The van der Waals surface area contributed by atoms with Crippen LogP contribution in [-0.2, 0) is 42.7 Å². The smallest absolute Gasteiger partial charge is 0.138 e. The van der Waals surface area contributed by atoms with Crippen LogP contribution in [0, 0.1) is 6.07 Å². The molecule has 0 bridgehead atoms. The average molecular weight is 1500 g/mol. The second kappa shape index (κ2) is 28.8. The maximum absolute atomic E-state index is 11.0. The van der Waals surface area contributed by atoms with Crippen LogP contribution in [0.5, 0.6) is 11.5 Å². The van der Waals surface area contributed by atoms with Crippen LogP contribution in [-0.4, -0.2) is 30.1 Å². The van der Waals surface area contributed by atoms with Gasteiger partial charge in [0.15, 0.2) is 0 Å². The second-order valence-electron chi connectivity index (χ2n) is 30.0. The van der Waals surface area contributed by atoms with Crippen molar-refractivity contribution in [1.82, 2.24) is 19.9 Å². The summed E-state index contributed by atoms with van der Waals surface area (Å²) in [6.45, 7) is 27.1. The second-order valence-corrected chi connectivity index (χ2v) is 30.0. The molecular weight excluding hydrogens is 1420 g/mol. The van der Waals surface area contributed by atoms with Crippen molar-refractivity contribution < 1.29 is 31.3 Å². The van der Waals surface area contributed by atoms with Gasteiger partial charge in [-0.3, -0.25) is 9.88 Å². The summed E-state index contributed by atoms with van der Waals surface area (Å²) in [6, 6.07) is 97.0. The number of fused-ring (bicyclic) bond motifs is 2. The van der Waals surface area contributed by atoms with Gasteiger partial charge in [0.05, 0.1) is 17.1 Å². The first-order valence-electron chi connectivity index (χ1n) is 34.3. The van der Waals surface area contributed by atoms with Gasteiger partial charge in [0.25, 0.3) is 0 Å². The van der Waals surface area contributed by atoms with Crippen molar-refractivity contribution in [3.05, 3.63) is 314 Å². The number of rotatable bonds is 12. The number of aromatic nitrogens is 4. The zero-order valence-electron chi connectivity index (χ0n) is 59.5. The van der Waals surface area contributed by atoms with E-state index >= 15 is 0 Å². The first-order valence-corrected chi connectivity index (χ1v) is 34.3. The molecule has 0 radical (unpaired) electrons. The van der Waals surface area contributed by atoms with E-state index in [2.05, 4.69) is 269 Å². The van der Waals surface area contributed by atoms with Gasteiger partial charge >= 0.3 is 0 Å². The first-order chi connectivity index (χ1) is 47.9. The predicted molar refractivity (Wildman–Crippen MR) is 418 cm³/mol. The van der Waals surface area contributed by atoms with Crippen LogP contribution < -0.4 is 9.80 Å². The van der Waals surface area contributed by atoms with Gasteiger partial charge in [0, 0.05) is 78.0 Å². The van der Waals surface area contributed by atoms with Gasteiger partial charge in [-0.15, -0.1) is 29.8 Å². The van der Waals surface area contributed by atoms with E-state index in [1.54, 1.807) is 12.1 Å². The van der Waals surface area contributed by atoms with Crippen LogP contribution in [0.25, 0.3) is 88.8 Å². The van der Waals surface area contributed by atoms with Crippen molar-refractivity contribution in [2.45, 2.75) is 105 Å². The van der Waals surface area contributed by atoms with Crippen molar-refractivity contribution >= 4 is 55.9 Å². The van der Waals surface area contributed by atoms with Crippen LogP contribution in [0.1, 0.15) is 105 Å². The van der Waals surface area contributed by atoms with Gasteiger partial charge in [-0.1, -0.05) is 247 Å². The summed E-state index contributed by atoms with van der Waals surface area (Å²) in [6.07, 6.45) is 3.86. The normalized spacial score (nSPS) is 11.8. The SMILES string of the molecule is CC(C)(C)c1cc(-c2cc(-c3[c-]c(N(c4ccccc4)c4cc5ccccc5cn4)ccc3)nc(-c3ccccc3O)c2)cc(C(C)(C)C)c1.CC(C)(C)c1cc(-c2cc(-c3cccc(N(c4ccccc4)c4cc5ccccc5cn4)c3)nc(-c3ccccc3O)c2)cc(C(C)(C)C)c1.[Pt]. The standard InChI is InChI=1S/C46H43N3O.C46H42N3O.Pt/c2*1-45(2,3)36-23-34(24-37(29-36)46(4,5)6)35-26-41(48-42(27-35)40-21-12-13-22-43(40)50)32-17-14-20-39(25-32)49(38-18-8-7-9-19-38)44-28-31-15-10-11-16-33(31)30-47-44;/h7-30,50H,1-6H3;7-24,26-30,50H,1-6H3;/q;-1;. The van der Waals surface area contributed by atoms with Gasteiger partial charge in [-0.25, -0.2) is 15.0 Å². The largest absolute Gasteiger partial charge is 0.507 e. The van der Waals surface area contributed by atoms with Crippen LogP contribution in [0.15, 0.2) is 285 Å². The molecule has 8 nitrogen and oxygen atoms in total. The number of phenolic OH excluding ortho intramolecular Hbond substituents is 2. The summed E-state index contributed by atoms with van der Waals surface area (Å²) in [5, 5.41) is 26.4. The number of anilines is 6. The van der Waals surface area contributed by atoms with E-state index < -0.39 is 0 Å². The molecule has 0 atom stereocenters. The van der Waals surface area contributed by atoms with E-state index in [4.69, 9.17) is 19.9 Å². The van der Waals surface area contributed by atoms with E-state index in [0.717, 1.165) is 106 Å². The van der Waals surface area contributed by atoms with Crippen LogP contribution in [0.3, 0.4) is 0 Å². The third kappa shape index (κ3) is 15.8. The topological polar surface area (TPSA) is 98.5 Å². The van der Waals surface area contributed by atoms with Gasteiger partial charge in [0.1, 0.15) is 23.1 Å². The summed E-state index contributed by atoms with van der Waals surface area (Å²) in [4.78, 5) is 24.5. The van der Waals surface area contributed by atoms with Crippen LogP contribution >= 0.6 is 0 Å². The fourth-order valence-electron chi connectivity index (χ4n) is 12.5. The number of aromatic hydroxyl groups is 2. The van der Waals surface area contributed by atoms with Gasteiger partial charge in [-0.2, -0.15) is 0 Å². The van der Waals surface area contributed by atoms with Crippen molar-refractivity contribution in [1.29, 1.82) is 0 Å². The molecule has 0 unspecified atom stereocenters. The third-order valence-electron chi connectivity index (χ3n) is 18.4. The molecule has 4 heterocycles. The zero-order valence-corrected chi connectivity index (χ0v) is 61.8. The summed E-state index contributed by atoms with van der Waals surface area (Å²) < 4.78 is 0. The fourth-order valence-corrected chi connectivity index (χ4v) is 12.5. The molecule has 14 aromatic rings. The van der Waals surface area contributed by atoms with E-state index in [1.807, 2.05) is 103 Å². The minimum absolute atomic E-state index is 0. The summed E-state index contributed by atoms with van der Waals surface area (Å²) >= 11 is 0. The first kappa shape index (κ1) is 70.1. The van der Waals surface area contributed by atoms with E-state index in [9.17, 15) is 10.2 Å². The molecule has 0 aliphatic rings. The Bertz CT molecular complexity index is 4900. The van der Waals surface area contributed by atoms with Crippen LogP contribution in [0.2, 0.25) is 0 Å². The number of pyridine rings is 4. The Morgan fingerprint density at radius 2 is 0.663 bits per heavy atom. The quantitative estimate of drug-likeness (QED) is 0.117. The molecule has 2 N–H and O–H groups in total. The molecule has 0 fully saturated rings. The Morgan fingerprint density at radius 1 is 0.297 bits per heavy atom. The molecule has 10 aromatic carbocycles. The summed E-state index contributed by atoms with van der Waals surface area (Å²) in [5.41, 5.74) is 19.3. The van der Waals surface area contributed by atoms with E-state index in [0.29, 0.717) is 16.8 Å². The van der Waals surface area contributed by atoms with E-state index in [-0.39, 0.29) is 54.2 Å². The van der Waals surface area contributed by atoms with Crippen molar-refractivity contribution in [2.24, 2.45) is 0 Å². The maximum atomic E-state index is 11.0. The zero-order chi connectivity index (χ0) is 70.1. The molecule has 0 aliphatic carbocycles. The number of benzene rings is 10. The Morgan fingerprint density at radius 3 is 1.13 bits per heavy atom.